The van der Waals surface area contributed by atoms with Crippen molar-refractivity contribution in [1.82, 2.24) is 0 Å². The van der Waals surface area contributed by atoms with E-state index in [-0.39, 0.29) is 11.9 Å². The van der Waals surface area contributed by atoms with Crippen molar-refractivity contribution < 1.29 is 9.53 Å². The molecule has 1 aliphatic carbocycles. The first kappa shape index (κ1) is 10.2. The summed E-state index contributed by atoms with van der Waals surface area (Å²) in [6, 6.07) is 7.98. The summed E-state index contributed by atoms with van der Waals surface area (Å²) in [4.78, 5) is 11.6. The van der Waals surface area contributed by atoms with Crippen molar-refractivity contribution in [3.63, 3.8) is 0 Å². The van der Waals surface area contributed by atoms with Crippen molar-refractivity contribution >= 4 is 5.97 Å². The first-order chi connectivity index (χ1) is 7.27. The van der Waals surface area contributed by atoms with Gasteiger partial charge in [0.15, 0.2) is 0 Å². The molecule has 0 radical (unpaired) electrons. The van der Waals surface area contributed by atoms with E-state index in [4.69, 9.17) is 10.5 Å². The number of carbonyl (C=O) groups is 1. The zero-order chi connectivity index (χ0) is 10.8. The van der Waals surface area contributed by atoms with Crippen molar-refractivity contribution in [2.45, 2.75) is 18.3 Å². The molecule has 3 nitrogen and oxygen atoms in total. The Morgan fingerprint density at radius 2 is 2.13 bits per heavy atom. The topological polar surface area (TPSA) is 52.3 Å². The molecule has 2 atom stereocenters. The second-order valence-corrected chi connectivity index (χ2v) is 3.87. The van der Waals surface area contributed by atoms with Crippen LogP contribution >= 0.6 is 0 Å². The van der Waals surface area contributed by atoms with Gasteiger partial charge in [-0.2, -0.15) is 0 Å². The molecule has 0 aliphatic heterocycles. The van der Waals surface area contributed by atoms with Gasteiger partial charge in [0.05, 0.1) is 13.0 Å². The average molecular weight is 205 g/mol. The number of carbonyl (C=O) groups excluding carboxylic acids is 1. The van der Waals surface area contributed by atoms with Gasteiger partial charge >= 0.3 is 5.97 Å². The van der Waals surface area contributed by atoms with Gasteiger partial charge in [-0.05, 0) is 30.0 Å². The van der Waals surface area contributed by atoms with Crippen molar-refractivity contribution in [3.8, 4) is 0 Å². The van der Waals surface area contributed by atoms with Crippen LogP contribution < -0.4 is 5.73 Å². The highest BCUT2D eigenvalue weighted by Gasteiger charge is 2.34. The fraction of sp³-hybridized carbons (Fsp3) is 0.417. The Bertz CT molecular complexity index is 376. The first-order valence-electron chi connectivity index (χ1n) is 5.14. The van der Waals surface area contributed by atoms with Gasteiger partial charge < -0.3 is 10.5 Å². The lowest BCUT2D eigenvalue weighted by molar-refractivity contribution is -0.142. The molecule has 1 aromatic rings. The first-order valence-corrected chi connectivity index (χ1v) is 5.14. The fourth-order valence-corrected chi connectivity index (χ4v) is 2.33. The summed E-state index contributed by atoms with van der Waals surface area (Å²) in [5.74, 6) is 0.0171. The Hall–Kier alpha value is -1.35. The second kappa shape index (κ2) is 4.03. The van der Waals surface area contributed by atoms with E-state index in [1.807, 2.05) is 18.2 Å². The van der Waals surface area contributed by atoms with Crippen molar-refractivity contribution in [1.29, 1.82) is 0 Å². The minimum Gasteiger partial charge on any atom is -0.469 e. The Balaban J connectivity index is 2.37. The van der Waals surface area contributed by atoms with Crippen LogP contribution in [0.15, 0.2) is 24.3 Å². The van der Waals surface area contributed by atoms with Gasteiger partial charge in [0.1, 0.15) is 0 Å². The molecule has 0 saturated heterocycles. The van der Waals surface area contributed by atoms with Crippen LogP contribution in [0, 0.1) is 0 Å². The molecule has 0 bridgehead atoms. The molecule has 0 saturated carbocycles. The molecule has 1 aliphatic rings. The number of rotatable bonds is 2. The van der Waals surface area contributed by atoms with Crippen molar-refractivity contribution in [2.75, 3.05) is 13.7 Å². The molecule has 0 aromatic heterocycles. The number of esters is 1. The third-order valence-electron chi connectivity index (χ3n) is 3.10. The summed E-state index contributed by atoms with van der Waals surface area (Å²) in [6.07, 6.45) is 0.780. The maximum absolute atomic E-state index is 11.6. The second-order valence-electron chi connectivity index (χ2n) is 3.87. The van der Waals surface area contributed by atoms with E-state index in [2.05, 4.69) is 6.07 Å². The lowest BCUT2D eigenvalue weighted by Crippen LogP contribution is -2.13. The SMILES string of the molecule is COC(=O)[C@H]1C[C@H](CN)c2ccccc21. The van der Waals surface area contributed by atoms with E-state index in [1.165, 1.54) is 12.7 Å². The highest BCUT2D eigenvalue weighted by molar-refractivity contribution is 5.80. The van der Waals surface area contributed by atoms with Gasteiger partial charge in [0.2, 0.25) is 0 Å². The van der Waals surface area contributed by atoms with Gasteiger partial charge in [-0.15, -0.1) is 0 Å². The van der Waals surface area contributed by atoms with E-state index in [1.54, 1.807) is 0 Å². The quantitative estimate of drug-likeness (QED) is 0.742. The molecule has 80 valence electrons. The molecular weight excluding hydrogens is 190 g/mol. The van der Waals surface area contributed by atoms with Crippen LogP contribution in [0.3, 0.4) is 0 Å². The summed E-state index contributed by atoms with van der Waals surface area (Å²) in [5, 5.41) is 0. The summed E-state index contributed by atoms with van der Waals surface area (Å²) in [5.41, 5.74) is 7.99. The lowest BCUT2D eigenvalue weighted by atomic mass is 10.0. The highest BCUT2D eigenvalue weighted by Crippen LogP contribution is 2.41. The highest BCUT2D eigenvalue weighted by atomic mass is 16.5. The normalized spacial score (nSPS) is 23.6. The Morgan fingerprint density at radius 1 is 1.47 bits per heavy atom. The predicted octanol–water partition coefficient (Wildman–Crippen LogP) is 1.39. The average Bonchev–Trinajstić information content (AvgIpc) is 2.67. The Kier molecular flexibility index (Phi) is 2.73. The largest absolute Gasteiger partial charge is 0.469 e. The fourth-order valence-electron chi connectivity index (χ4n) is 2.33. The van der Waals surface area contributed by atoms with Crippen LogP contribution in [0.4, 0.5) is 0 Å². The minimum absolute atomic E-state index is 0.125. The molecular formula is C12H15NO2. The zero-order valence-corrected chi connectivity index (χ0v) is 8.77. The molecule has 0 heterocycles. The summed E-state index contributed by atoms with van der Waals surface area (Å²) < 4.78 is 4.80. The van der Waals surface area contributed by atoms with E-state index >= 15 is 0 Å². The van der Waals surface area contributed by atoms with E-state index in [0.717, 1.165) is 12.0 Å². The van der Waals surface area contributed by atoms with Gasteiger partial charge in [-0.1, -0.05) is 24.3 Å². The minimum atomic E-state index is -0.154. The Labute approximate surface area is 89.2 Å². The van der Waals surface area contributed by atoms with Crippen LogP contribution in [0.25, 0.3) is 0 Å². The number of hydrogen-bond donors (Lipinski definition) is 1. The maximum Gasteiger partial charge on any atom is 0.313 e. The zero-order valence-electron chi connectivity index (χ0n) is 8.77. The molecule has 3 heteroatoms. The third-order valence-corrected chi connectivity index (χ3v) is 3.10. The van der Waals surface area contributed by atoms with E-state index in [0.29, 0.717) is 12.5 Å². The molecule has 0 amide bonds. The van der Waals surface area contributed by atoms with E-state index < -0.39 is 0 Å². The van der Waals surface area contributed by atoms with Crippen LogP contribution in [0.2, 0.25) is 0 Å². The van der Waals surface area contributed by atoms with Gasteiger partial charge in [-0.25, -0.2) is 0 Å². The predicted molar refractivity (Wildman–Crippen MR) is 57.6 cm³/mol. The van der Waals surface area contributed by atoms with Crippen LogP contribution in [-0.4, -0.2) is 19.6 Å². The molecule has 0 unspecified atom stereocenters. The maximum atomic E-state index is 11.6. The smallest absolute Gasteiger partial charge is 0.313 e. The number of methoxy groups -OCH3 is 1. The van der Waals surface area contributed by atoms with Crippen molar-refractivity contribution in [3.05, 3.63) is 35.4 Å². The van der Waals surface area contributed by atoms with Gasteiger partial charge in [0.25, 0.3) is 0 Å². The number of nitrogens with two attached hydrogens (primary N) is 1. The lowest BCUT2D eigenvalue weighted by Gasteiger charge is -2.08. The molecule has 0 spiro atoms. The number of benzene rings is 1. The van der Waals surface area contributed by atoms with E-state index in [9.17, 15) is 4.79 Å². The van der Waals surface area contributed by atoms with Crippen LogP contribution in [0.5, 0.6) is 0 Å². The summed E-state index contributed by atoms with van der Waals surface area (Å²) in [7, 11) is 1.43. The van der Waals surface area contributed by atoms with Gasteiger partial charge in [0, 0.05) is 0 Å². The number of hydrogen-bond acceptors (Lipinski definition) is 3. The Morgan fingerprint density at radius 3 is 2.73 bits per heavy atom. The molecule has 2 rings (SSSR count). The van der Waals surface area contributed by atoms with Crippen LogP contribution in [-0.2, 0) is 9.53 Å². The molecule has 1 aromatic carbocycles. The molecule has 2 N–H and O–H groups in total. The number of ether oxygens (including phenoxy) is 1. The third kappa shape index (κ3) is 1.63. The van der Waals surface area contributed by atoms with Crippen molar-refractivity contribution in [2.24, 2.45) is 5.73 Å². The van der Waals surface area contributed by atoms with Gasteiger partial charge in [-0.3, -0.25) is 4.79 Å². The molecule has 0 fully saturated rings. The standard InChI is InChI=1S/C12H15NO2/c1-15-12(14)11-6-8(7-13)9-4-2-3-5-10(9)11/h2-5,8,11H,6-7,13H2,1H3/t8-,11+/m1/s1. The number of fused-ring (bicyclic) bond motifs is 1. The monoisotopic (exact) mass is 205 g/mol. The van der Waals surface area contributed by atoms with Crippen LogP contribution in [0.1, 0.15) is 29.4 Å². The summed E-state index contributed by atoms with van der Waals surface area (Å²) >= 11 is 0. The summed E-state index contributed by atoms with van der Waals surface area (Å²) in [6.45, 7) is 0.588. The molecule has 15 heavy (non-hydrogen) atoms.